The van der Waals surface area contributed by atoms with Crippen molar-refractivity contribution in [3.05, 3.63) is 65.1 Å². The third-order valence-electron chi connectivity index (χ3n) is 4.81. The van der Waals surface area contributed by atoms with Crippen LogP contribution in [0, 0.1) is 0 Å². The van der Waals surface area contributed by atoms with Gasteiger partial charge in [-0.05, 0) is 16.3 Å². The smallest absolute Gasteiger partial charge is 0.169 e. The Labute approximate surface area is 153 Å². The van der Waals surface area contributed by atoms with E-state index in [2.05, 4.69) is 18.2 Å². The third-order valence-corrected chi connectivity index (χ3v) is 4.81. The number of hydrogen-bond donors (Lipinski definition) is 1. The van der Waals surface area contributed by atoms with Crippen molar-refractivity contribution in [3.8, 4) is 0 Å². The number of benzene rings is 2. The largest absolute Gasteiger partial charge is 0.494 e. The molecule has 2 aromatic rings. The molecule has 3 rings (SSSR count). The van der Waals surface area contributed by atoms with Gasteiger partial charge >= 0.3 is 0 Å². The first-order chi connectivity index (χ1) is 12.7. The van der Waals surface area contributed by atoms with E-state index in [-0.39, 0.29) is 6.61 Å². The molecule has 2 aromatic carbocycles. The number of aliphatic hydroxyl groups excluding tert-OH is 1. The van der Waals surface area contributed by atoms with E-state index in [0.717, 1.165) is 21.9 Å². The Kier molecular flexibility index (Phi) is 5.61. The Balaban J connectivity index is 2.36. The first-order valence-electron chi connectivity index (χ1n) is 8.41. The highest BCUT2D eigenvalue weighted by Crippen LogP contribution is 2.41. The summed E-state index contributed by atoms with van der Waals surface area (Å²) in [7, 11) is 6.35. The minimum Gasteiger partial charge on any atom is -0.494 e. The number of rotatable bonds is 6. The van der Waals surface area contributed by atoms with Gasteiger partial charge in [0.25, 0.3) is 0 Å². The zero-order valence-corrected chi connectivity index (χ0v) is 15.5. The van der Waals surface area contributed by atoms with Crippen LogP contribution in [-0.2, 0) is 18.9 Å². The highest BCUT2D eigenvalue weighted by Gasteiger charge is 2.40. The lowest BCUT2D eigenvalue weighted by molar-refractivity contribution is -0.0208. The SMILES string of the molecule is COC1=C(OC)C(OC)C(OC)C(c2cccc3ccccc23)=C1CO. The van der Waals surface area contributed by atoms with Gasteiger partial charge in [0.15, 0.2) is 11.5 Å². The standard InChI is InChI=1S/C21H24O5/c1-23-18-16(12-22)17(19(24-2)21(26-4)20(18)25-3)15-11-7-9-13-8-5-6-10-14(13)15/h5-11,19,21-22H,12H2,1-4H3. The molecule has 0 saturated carbocycles. The zero-order chi connectivity index (χ0) is 18.7. The second kappa shape index (κ2) is 7.91. The lowest BCUT2D eigenvalue weighted by atomic mass is 9.83. The van der Waals surface area contributed by atoms with E-state index in [1.807, 2.05) is 24.3 Å². The summed E-state index contributed by atoms with van der Waals surface area (Å²) in [5.41, 5.74) is 2.46. The summed E-state index contributed by atoms with van der Waals surface area (Å²) in [4.78, 5) is 0. The van der Waals surface area contributed by atoms with Crippen molar-refractivity contribution in [1.82, 2.24) is 0 Å². The molecule has 138 valence electrons. The molecule has 0 radical (unpaired) electrons. The topological polar surface area (TPSA) is 57.2 Å². The molecule has 0 saturated heterocycles. The summed E-state index contributed by atoms with van der Waals surface area (Å²) in [5, 5.41) is 12.3. The minimum absolute atomic E-state index is 0.203. The molecule has 0 spiro atoms. The van der Waals surface area contributed by atoms with Gasteiger partial charge in [-0.25, -0.2) is 0 Å². The molecule has 5 heteroatoms. The lowest BCUT2D eigenvalue weighted by Gasteiger charge is -2.35. The molecule has 2 atom stereocenters. The minimum atomic E-state index is -0.482. The monoisotopic (exact) mass is 356 g/mol. The Morgan fingerprint density at radius 1 is 0.846 bits per heavy atom. The van der Waals surface area contributed by atoms with Crippen LogP contribution in [0.1, 0.15) is 5.56 Å². The van der Waals surface area contributed by atoms with Crippen molar-refractivity contribution < 1.29 is 24.1 Å². The van der Waals surface area contributed by atoms with Crippen LogP contribution >= 0.6 is 0 Å². The van der Waals surface area contributed by atoms with Crippen molar-refractivity contribution in [2.75, 3.05) is 35.0 Å². The van der Waals surface area contributed by atoms with Gasteiger partial charge in [0.05, 0.1) is 20.8 Å². The van der Waals surface area contributed by atoms with Crippen molar-refractivity contribution in [2.24, 2.45) is 0 Å². The second-order valence-electron chi connectivity index (χ2n) is 5.99. The number of aliphatic hydroxyl groups is 1. The van der Waals surface area contributed by atoms with Crippen LogP contribution in [0.4, 0.5) is 0 Å². The Morgan fingerprint density at radius 2 is 1.54 bits per heavy atom. The predicted octanol–water partition coefficient (Wildman–Crippen LogP) is 3.13. The van der Waals surface area contributed by atoms with Gasteiger partial charge in [0.2, 0.25) is 0 Å². The molecule has 0 bridgehead atoms. The van der Waals surface area contributed by atoms with Crippen LogP contribution in [0.3, 0.4) is 0 Å². The summed E-state index contributed by atoms with van der Waals surface area (Å²) in [6, 6.07) is 14.2. The molecule has 1 aliphatic rings. The van der Waals surface area contributed by atoms with Crippen LogP contribution in [-0.4, -0.2) is 52.4 Å². The zero-order valence-electron chi connectivity index (χ0n) is 15.5. The number of methoxy groups -OCH3 is 4. The van der Waals surface area contributed by atoms with E-state index in [4.69, 9.17) is 18.9 Å². The summed E-state index contributed by atoms with van der Waals surface area (Å²) in [6.45, 7) is -0.203. The highest BCUT2D eigenvalue weighted by atomic mass is 16.6. The quantitative estimate of drug-likeness (QED) is 0.862. The van der Waals surface area contributed by atoms with Crippen molar-refractivity contribution >= 4 is 16.3 Å². The maximum atomic E-state index is 10.2. The van der Waals surface area contributed by atoms with Crippen LogP contribution < -0.4 is 0 Å². The molecule has 0 aromatic heterocycles. The fraction of sp³-hybridized carbons (Fsp3) is 0.333. The molecule has 26 heavy (non-hydrogen) atoms. The fourth-order valence-electron chi connectivity index (χ4n) is 3.70. The molecule has 0 fully saturated rings. The number of hydrogen-bond acceptors (Lipinski definition) is 5. The van der Waals surface area contributed by atoms with Crippen molar-refractivity contribution in [3.63, 3.8) is 0 Å². The maximum absolute atomic E-state index is 10.2. The van der Waals surface area contributed by atoms with Gasteiger partial charge in [-0.2, -0.15) is 0 Å². The van der Waals surface area contributed by atoms with E-state index < -0.39 is 12.2 Å². The van der Waals surface area contributed by atoms with Gasteiger partial charge in [0, 0.05) is 25.4 Å². The van der Waals surface area contributed by atoms with Gasteiger partial charge in [-0.1, -0.05) is 42.5 Å². The number of fused-ring (bicyclic) bond motifs is 1. The third kappa shape index (κ3) is 2.88. The molecular formula is C21H24O5. The normalized spacial score (nSPS) is 20.7. The van der Waals surface area contributed by atoms with E-state index in [9.17, 15) is 5.11 Å². The average molecular weight is 356 g/mol. The molecule has 2 unspecified atom stereocenters. The first-order valence-corrected chi connectivity index (χ1v) is 8.41. The van der Waals surface area contributed by atoms with Gasteiger partial charge in [-0.3, -0.25) is 0 Å². The van der Waals surface area contributed by atoms with Crippen LogP contribution in [0.2, 0.25) is 0 Å². The first kappa shape index (κ1) is 18.5. The highest BCUT2D eigenvalue weighted by molar-refractivity contribution is 5.96. The maximum Gasteiger partial charge on any atom is 0.169 e. The summed E-state index contributed by atoms with van der Waals surface area (Å²) < 4.78 is 22.6. The lowest BCUT2D eigenvalue weighted by Crippen LogP contribution is -2.39. The summed E-state index contributed by atoms with van der Waals surface area (Å²) >= 11 is 0. The molecule has 5 nitrogen and oxygen atoms in total. The summed E-state index contributed by atoms with van der Waals surface area (Å²) in [5.74, 6) is 0.993. The van der Waals surface area contributed by atoms with Gasteiger partial charge in [0.1, 0.15) is 12.2 Å². The van der Waals surface area contributed by atoms with Crippen LogP contribution in [0.15, 0.2) is 59.6 Å². The second-order valence-corrected chi connectivity index (χ2v) is 5.99. The van der Waals surface area contributed by atoms with E-state index >= 15 is 0 Å². The molecular weight excluding hydrogens is 332 g/mol. The molecule has 1 aliphatic carbocycles. The van der Waals surface area contributed by atoms with Crippen molar-refractivity contribution in [1.29, 1.82) is 0 Å². The Bertz CT molecular complexity index is 847. The molecule has 1 N–H and O–H groups in total. The van der Waals surface area contributed by atoms with E-state index in [1.54, 1.807) is 28.4 Å². The fourth-order valence-corrected chi connectivity index (χ4v) is 3.70. The van der Waals surface area contributed by atoms with Crippen LogP contribution in [0.25, 0.3) is 16.3 Å². The van der Waals surface area contributed by atoms with Crippen molar-refractivity contribution in [2.45, 2.75) is 12.2 Å². The van der Waals surface area contributed by atoms with E-state index in [1.165, 1.54) is 0 Å². The molecule has 0 aliphatic heterocycles. The van der Waals surface area contributed by atoms with Gasteiger partial charge < -0.3 is 24.1 Å². The Hall–Kier alpha value is -2.34. The van der Waals surface area contributed by atoms with E-state index in [0.29, 0.717) is 17.1 Å². The Morgan fingerprint density at radius 3 is 2.15 bits per heavy atom. The predicted molar refractivity (Wildman–Crippen MR) is 101 cm³/mol. The summed E-state index contributed by atoms with van der Waals surface area (Å²) in [6.07, 6.45) is -0.925. The number of ether oxygens (including phenoxy) is 4. The molecule has 0 heterocycles. The van der Waals surface area contributed by atoms with Crippen LogP contribution in [0.5, 0.6) is 0 Å². The molecule has 0 amide bonds. The van der Waals surface area contributed by atoms with Gasteiger partial charge in [-0.15, -0.1) is 0 Å². The average Bonchev–Trinajstić information content (AvgIpc) is 2.70.